The van der Waals surface area contributed by atoms with Crippen molar-refractivity contribution < 1.29 is 18.3 Å². The first-order chi connectivity index (χ1) is 9.25. The number of nitrogens with zero attached hydrogens (tertiary/aromatic N) is 3. The van der Waals surface area contributed by atoms with E-state index in [9.17, 15) is 13.2 Å². The monoisotopic (exact) mass is 303 g/mol. The first-order valence-electron chi connectivity index (χ1n) is 6.50. The fourth-order valence-electron chi connectivity index (χ4n) is 1.97. The number of hydrogen-bond acceptors (Lipinski definition) is 4. The maximum Gasteiger partial charge on any atom is 0.321 e. The van der Waals surface area contributed by atoms with E-state index in [-0.39, 0.29) is 11.4 Å². The number of hydrogen-bond donors (Lipinski definition) is 1. The van der Waals surface area contributed by atoms with Gasteiger partial charge in [-0.05, 0) is 19.8 Å². The van der Waals surface area contributed by atoms with Crippen LogP contribution in [-0.2, 0) is 21.4 Å². The second-order valence-electron chi connectivity index (χ2n) is 4.60. The Morgan fingerprint density at radius 1 is 1.50 bits per heavy atom. The van der Waals surface area contributed by atoms with Gasteiger partial charge < -0.3 is 9.67 Å². The zero-order chi connectivity index (χ0) is 15.5. The summed E-state index contributed by atoms with van der Waals surface area (Å²) in [5.74, 6) is -0.564. The predicted molar refractivity (Wildman–Crippen MR) is 73.9 cm³/mol. The average molecular weight is 303 g/mol. The lowest BCUT2D eigenvalue weighted by Gasteiger charge is -2.21. The van der Waals surface area contributed by atoms with Crippen LogP contribution in [-0.4, -0.2) is 46.4 Å². The zero-order valence-corrected chi connectivity index (χ0v) is 13.0. The lowest BCUT2D eigenvalue weighted by atomic mass is 10.2. The van der Waals surface area contributed by atoms with E-state index in [1.54, 1.807) is 18.4 Å². The van der Waals surface area contributed by atoms with Gasteiger partial charge in [-0.2, -0.15) is 4.31 Å². The van der Waals surface area contributed by atoms with Crippen LogP contribution < -0.4 is 0 Å². The highest BCUT2D eigenvalue weighted by Crippen LogP contribution is 2.18. The number of carboxylic acids is 1. The van der Waals surface area contributed by atoms with Gasteiger partial charge in [0.05, 0.1) is 0 Å². The minimum Gasteiger partial charge on any atom is -0.480 e. The van der Waals surface area contributed by atoms with Gasteiger partial charge in [0.15, 0.2) is 5.03 Å². The second-order valence-corrected chi connectivity index (χ2v) is 6.55. The van der Waals surface area contributed by atoms with Crippen LogP contribution in [0.5, 0.6) is 0 Å². The van der Waals surface area contributed by atoms with Gasteiger partial charge in [-0.25, -0.2) is 13.4 Å². The summed E-state index contributed by atoms with van der Waals surface area (Å²) in [5, 5.41) is 8.96. The molecule has 1 aromatic heterocycles. The molecule has 114 valence electrons. The van der Waals surface area contributed by atoms with Crippen molar-refractivity contribution in [2.45, 2.75) is 51.2 Å². The molecule has 0 radical (unpaired) electrons. The van der Waals surface area contributed by atoms with E-state index in [0.717, 1.165) is 10.7 Å². The number of sulfonamides is 1. The van der Waals surface area contributed by atoms with Crippen molar-refractivity contribution in [3.05, 3.63) is 12.0 Å². The quantitative estimate of drug-likeness (QED) is 0.814. The summed E-state index contributed by atoms with van der Waals surface area (Å²) >= 11 is 0. The molecule has 1 aromatic rings. The number of carbonyl (C=O) groups is 1. The Hall–Kier alpha value is -1.41. The summed E-state index contributed by atoms with van der Waals surface area (Å²) in [6.07, 6.45) is 2.51. The van der Waals surface area contributed by atoms with Crippen LogP contribution in [0.2, 0.25) is 0 Å². The standard InChI is InChI=1S/C12H21N3O4S/c1-5-7-15-8-11(13-9(15)3)20(18,19)14(4)10(6-2)12(16)17/h8,10H,5-7H2,1-4H3,(H,16,17). The van der Waals surface area contributed by atoms with Gasteiger partial charge in [-0.1, -0.05) is 13.8 Å². The van der Waals surface area contributed by atoms with Crippen molar-refractivity contribution in [2.24, 2.45) is 0 Å². The summed E-state index contributed by atoms with van der Waals surface area (Å²) in [5.41, 5.74) is 0. The Bertz CT molecular complexity index is 580. The molecule has 0 aliphatic rings. The smallest absolute Gasteiger partial charge is 0.321 e. The maximum absolute atomic E-state index is 12.4. The van der Waals surface area contributed by atoms with Gasteiger partial charge >= 0.3 is 5.97 Å². The number of imidazole rings is 1. The molecule has 1 rings (SSSR count). The average Bonchev–Trinajstić information content (AvgIpc) is 2.72. The number of rotatable bonds is 7. The van der Waals surface area contributed by atoms with E-state index in [1.807, 2.05) is 6.92 Å². The predicted octanol–water partition coefficient (Wildman–Crippen LogP) is 1.09. The molecule has 0 spiro atoms. The minimum absolute atomic E-state index is 0.106. The van der Waals surface area contributed by atoms with Gasteiger partial charge in [0.2, 0.25) is 0 Å². The molecule has 8 heteroatoms. The molecule has 7 nitrogen and oxygen atoms in total. The molecule has 0 aliphatic heterocycles. The second kappa shape index (κ2) is 6.36. The highest BCUT2D eigenvalue weighted by Gasteiger charge is 2.33. The highest BCUT2D eigenvalue weighted by molar-refractivity contribution is 7.89. The first-order valence-corrected chi connectivity index (χ1v) is 7.94. The number of likely N-dealkylation sites (N-methyl/N-ethyl adjacent to an activating group) is 1. The third-order valence-corrected chi connectivity index (χ3v) is 4.91. The molecule has 0 aliphatic carbocycles. The van der Waals surface area contributed by atoms with Crippen LogP contribution in [0.15, 0.2) is 11.2 Å². The Balaban J connectivity index is 3.16. The van der Waals surface area contributed by atoms with E-state index >= 15 is 0 Å². The Labute approximate surface area is 119 Å². The lowest BCUT2D eigenvalue weighted by molar-refractivity contribution is -0.141. The summed E-state index contributed by atoms with van der Waals surface area (Å²) < 4.78 is 27.4. The third-order valence-electron chi connectivity index (χ3n) is 3.17. The fraction of sp³-hybridized carbons (Fsp3) is 0.667. The van der Waals surface area contributed by atoms with Crippen molar-refractivity contribution >= 4 is 16.0 Å². The summed E-state index contributed by atoms with van der Waals surface area (Å²) in [4.78, 5) is 15.1. The van der Waals surface area contributed by atoms with Gasteiger partial charge in [0, 0.05) is 19.8 Å². The molecule has 0 amide bonds. The SMILES string of the molecule is CCCn1cc(S(=O)(=O)N(C)C(CC)C(=O)O)nc1C. The molecule has 20 heavy (non-hydrogen) atoms. The van der Waals surface area contributed by atoms with E-state index in [1.165, 1.54) is 13.2 Å². The van der Waals surface area contributed by atoms with Crippen molar-refractivity contribution in [3.63, 3.8) is 0 Å². The summed E-state index contributed by atoms with van der Waals surface area (Å²) in [6, 6.07) is -1.09. The number of aliphatic carboxylic acids is 1. The van der Waals surface area contributed by atoms with E-state index in [0.29, 0.717) is 12.4 Å². The Kier molecular flexibility index (Phi) is 5.29. The number of aryl methyl sites for hydroxylation is 2. The molecule has 0 saturated heterocycles. The summed E-state index contributed by atoms with van der Waals surface area (Å²) in [6.45, 7) is 6.01. The zero-order valence-electron chi connectivity index (χ0n) is 12.2. The van der Waals surface area contributed by atoms with E-state index in [4.69, 9.17) is 5.11 Å². The molecule has 1 atom stereocenters. The molecule has 0 bridgehead atoms. The third kappa shape index (κ3) is 3.18. The minimum atomic E-state index is -3.89. The number of carboxylic acid groups (broad SMARTS) is 1. The van der Waals surface area contributed by atoms with Crippen LogP contribution in [0, 0.1) is 6.92 Å². The van der Waals surface area contributed by atoms with Gasteiger partial charge in [0.25, 0.3) is 10.0 Å². The van der Waals surface area contributed by atoms with Gasteiger partial charge in [-0.3, -0.25) is 4.79 Å². The molecular formula is C12H21N3O4S. The highest BCUT2D eigenvalue weighted by atomic mass is 32.2. The first kappa shape index (κ1) is 16.6. The Morgan fingerprint density at radius 2 is 2.10 bits per heavy atom. The van der Waals surface area contributed by atoms with Crippen molar-refractivity contribution in [3.8, 4) is 0 Å². The normalized spacial score (nSPS) is 13.7. The maximum atomic E-state index is 12.4. The lowest BCUT2D eigenvalue weighted by Crippen LogP contribution is -2.42. The molecule has 0 aromatic carbocycles. The van der Waals surface area contributed by atoms with Crippen molar-refractivity contribution in [1.29, 1.82) is 0 Å². The molecule has 1 heterocycles. The van der Waals surface area contributed by atoms with Gasteiger partial charge in [0.1, 0.15) is 11.9 Å². The largest absolute Gasteiger partial charge is 0.480 e. The van der Waals surface area contributed by atoms with Crippen LogP contribution in [0.4, 0.5) is 0 Å². The topological polar surface area (TPSA) is 92.5 Å². The van der Waals surface area contributed by atoms with Crippen LogP contribution in [0.3, 0.4) is 0 Å². The van der Waals surface area contributed by atoms with E-state index in [2.05, 4.69) is 4.98 Å². The van der Waals surface area contributed by atoms with Crippen molar-refractivity contribution in [1.82, 2.24) is 13.9 Å². The Morgan fingerprint density at radius 3 is 2.55 bits per heavy atom. The molecule has 0 saturated carbocycles. The number of aromatic nitrogens is 2. The van der Waals surface area contributed by atoms with Crippen LogP contribution >= 0.6 is 0 Å². The fourth-order valence-corrected chi connectivity index (χ4v) is 3.35. The molecule has 0 fully saturated rings. The van der Waals surface area contributed by atoms with Crippen LogP contribution in [0.1, 0.15) is 32.5 Å². The van der Waals surface area contributed by atoms with Crippen LogP contribution in [0.25, 0.3) is 0 Å². The van der Waals surface area contributed by atoms with Gasteiger partial charge in [-0.15, -0.1) is 0 Å². The molecular weight excluding hydrogens is 282 g/mol. The molecule has 1 unspecified atom stereocenters. The molecule has 1 N–H and O–H groups in total. The van der Waals surface area contributed by atoms with E-state index < -0.39 is 22.0 Å². The van der Waals surface area contributed by atoms with Crippen molar-refractivity contribution in [2.75, 3.05) is 7.05 Å². The summed E-state index contributed by atoms with van der Waals surface area (Å²) in [7, 11) is -2.63.